The van der Waals surface area contributed by atoms with Crippen molar-refractivity contribution >= 4 is 11.6 Å². The lowest BCUT2D eigenvalue weighted by Gasteiger charge is -2.37. The molecule has 1 aliphatic rings. The highest BCUT2D eigenvalue weighted by Gasteiger charge is 2.30. The quantitative estimate of drug-likeness (QED) is 0.729. The Balaban J connectivity index is 2.19. The van der Waals surface area contributed by atoms with Gasteiger partial charge in [0.05, 0.1) is 0 Å². The number of halogens is 1. The van der Waals surface area contributed by atoms with Crippen LogP contribution in [0.2, 0.25) is 5.02 Å². The molecule has 21 heavy (non-hydrogen) atoms. The van der Waals surface area contributed by atoms with Gasteiger partial charge in [0.25, 0.3) is 0 Å². The molecule has 1 saturated carbocycles. The maximum absolute atomic E-state index is 6.35. The van der Waals surface area contributed by atoms with Crippen LogP contribution in [0.4, 0.5) is 0 Å². The second-order valence-electron chi connectivity index (χ2n) is 6.97. The van der Waals surface area contributed by atoms with Crippen LogP contribution >= 0.6 is 11.6 Å². The summed E-state index contributed by atoms with van der Waals surface area (Å²) in [5, 5.41) is 4.68. The third-order valence-electron chi connectivity index (χ3n) is 5.28. The number of aryl methyl sites for hydroxylation is 1. The number of benzene rings is 1. The van der Waals surface area contributed by atoms with E-state index in [1.807, 2.05) is 0 Å². The van der Waals surface area contributed by atoms with E-state index in [0.717, 1.165) is 29.3 Å². The molecule has 0 bridgehead atoms. The highest BCUT2D eigenvalue weighted by molar-refractivity contribution is 6.31. The van der Waals surface area contributed by atoms with E-state index in [2.05, 4.69) is 51.2 Å². The van der Waals surface area contributed by atoms with Crippen LogP contribution in [0.25, 0.3) is 0 Å². The van der Waals surface area contributed by atoms with Gasteiger partial charge in [0.2, 0.25) is 0 Å². The van der Waals surface area contributed by atoms with Gasteiger partial charge in [-0.25, -0.2) is 0 Å². The van der Waals surface area contributed by atoms with Gasteiger partial charge in [-0.05, 0) is 67.7 Å². The molecule has 2 heteroatoms. The molecular weight excluding hydrogens is 278 g/mol. The molecule has 0 heterocycles. The summed E-state index contributed by atoms with van der Waals surface area (Å²) >= 11 is 6.35. The Morgan fingerprint density at radius 3 is 2.62 bits per heavy atom. The van der Waals surface area contributed by atoms with E-state index >= 15 is 0 Å². The Hall–Kier alpha value is -0.530. The maximum Gasteiger partial charge on any atom is 0.0438 e. The van der Waals surface area contributed by atoms with Gasteiger partial charge in [0, 0.05) is 11.1 Å². The molecule has 0 aromatic heterocycles. The van der Waals surface area contributed by atoms with Gasteiger partial charge in [-0.15, -0.1) is 0 Å². The normalized spacial score (nSPS) is 27.6. The van der Waals surface area contributed by atoms with E-state index in [1.54, 1.807) is 0 Å². The average molecular weight is 308 g/mol. The molecule has 0 aliphatic heterocycles. The molecule has 1 nitrogen and oxygen atoms in total. The van der Waals surface area contributed by atoms with Crippen LogP contribution in [0.15, 0.2) is 18.2 Å². The Morgan fingerprint density at radius 1 is 1.24 bits per heavy atom. The molecule has 0 spiro atoms. The lowest BCUT2D eigenvalue weighted by atomic mass is 9.72. The van der Waals surface area contributed by atoms with Crippen LogP contribution in [-0.2, 0) is 0 Å². The van der Waals surface area contributed by atoms with Crippen molar-refractivity contribution < 1.29 is 0 Å². The third kappa shape index (κ3) is 4.23. The van der Waals surface area contributed by atoms with Crippen molar-refractivity contribution in [3.05, 3.63) is 34.3 Å². The van der Waals surface area contributed by atoms with Crippen molar-refractivity contribution in [3.63, 3.8) is 0 Å². The van der Waals surface area contributed by atoms with Crippen LogP contribution in [0, 0.1) is 24.7 Å². The molecule has 1 aromatic carbocycles. The molecule has 1 N–H and O–H groups in total. The first-order chi connectivity index (χ1) is 10.0. The zero-order chi connectivity index (χ0) is 15.4. The smallest absolute Gasteiger partial charge is 0.0438 e. The van der Waals surface area contributed by atoms with Crippen molar-refractivity contribution in [1.82, 2.24) is 5.32 Å². The fraction of sp³-hybridized carbons (Fsp3) is 0.684. The summed E-state index contributed by atoms with van der Waals surface area (Å²) in [6.45, 7) is 10.2. The molecule has 118 valence electrons. The second-order valence-corrected chi connectivity index (χ2v) is 7.38. The average Bonchev–Trinajstić information content (AvgIpc) is 2.46. The standard InChI is InChI=1S/C19H30ClN/c1-5-10-21-19(16-8-6-13(2)15(4)11-16)17-9-7-14(3)18(20)12-17/h7,9,12-13,15-16,19,21H,5-6,8,10-11H2,1-4H3. The molecule has 0 amide bonds. The summed E-state index contributed by atoms with van der Waals surface area (Å²) in [5.41, 5.74) is 2.53. The van der Waals surface area contributed by atoms with Gasteiger partial charge in [-0.3, -0.25) is 0 Å². The van der Waals surface area contributed by atoms with Crippen LogP contribution in [0.1, 0.15) is 63.6 Å². The lowest BCUT2D eigenvalue weighted by molar-refractivity contribution is 0.171. The molecule has 1 aliphatic carbocycles. The van der Waals surface area contributed by atoms with Gasteiger partial charge < -0.3 is 5.32 Å². The predicted molar refractivity (Wildman–Crippen MR) is 92.9 cm³/mol. The van der Waals surface area contributed by atoms with Crippen LogP contribution in [0.3, 0.4) is 0 Å². The van der Waals surface area contributed by atoms with Gasteiger partial charge in [0.15, 0.2) is 0 Å². The van der Waals surface area contributed by atoms with E-state index in [1.165, 1.54) is 36.8 Å². The highest BCUT2D eigenvalue weighted by atomic mass is 35.5. The maximum atomic E-state index is 6.35. The highest BCUT2D eigenvalue weighted by Crippen LogP contribution is 2.40. The number of hydrogen-bond acceptors (Lipinski definition) is 1. The molecule has 1 aromatic rings. The summed E-state index contributed by atoms with van der Waals surface area (Å²) in [5.74, 6) is 2.44. The molecule has 4 unspecified atom stereocenters. The van der Waals surface area contributed by atoms with Crippen LogP contribution in [0.5, 0.6) is 0 Å². The largest absolute Gasteiger partial charge is 0.310 e. The van der Waals surface area contributed by atoms with Crippen molar-refractivity contribution in [2.24, 2.45) is 17.8 Å². The first kappa shape index (κ1) is 16.8. The Kier molecular flexibility index (Phi) is 6.13. The van der Waals surface area contributed by atoms with E-state index in [9.17, 15) is 0 Å². The molecule has 0 radical (unpaired) electrons. The lowest BCUT2D eigenvalue weighted by Crippen LogP contribution is -2.33. The monoisotopic (exact) mass is 307 g/mol. The van der Waals surface area contributed by atoms with Crippen LogP contribution in [-0.4, -0.2) is 6.54 Å². The fourth-order valence-electron chi connectivity index (χ4n) is 3.55. The summed E-state index contributed by atoms with van der Waals surface area (Å²) in [7, 11) is 0. The molecule has 0 saturated heterocycles. The predicted octanol–water partition coefficient (Wildman–Crippen LogP) is 5.76. The summed E-state index contributed by atoms with van der Waals surface area (Å²) < 4.78 is 0. The van der Waals surface area contributed by atoms with Gasteiger partial charge in [-0.1, -0.05) is 50.9 Å². The van der Waals surface area contributed by atoms with Gasteiger partial charge in [0.1, 0.15) is 0 Å². The minimum Gasteiger partial charge on any atom is -0.310 e. The molecular formula is C19H30ClN. The zero-order valence-electron chi connectivity index (χ0n) is 14.0. The molecule has 4 atom stereocenters. The van der Waals surface area contributed by atoms with Gasteiger partial charge >= 0.3 is 0 Å². The van der Waals surface area contributed by atoms with Crippen molar-refractivity contribution in [1.29, 1.82) is 0 Å². The minimum absolute atomic E-state index is 0.456. The SMILES string of the molecule is CCCNC(c1ccc(C)c(Cl)c1)C1CCC(C)C(C)C1. The number of rotatable bonds is 5. The Morgan fingerprint density at radius 2 is 2.00 bits per heavy atom. The fourth-order valence-corrected chi connectivity index (χ4v) is 3.74. The van der Waals surface area contributed by atoms with Crippen molar-refractivity contribution in [3.8, 4) is 0 Å². The third-order valence-corrected chi connectivity index (χ3v) is 5.69. The summed E-state index contributed by atoms with van der Waals surface area (Å²) in [4.78, 5) is 0. The van der Waals surface area contributed by atoms with Gasteiger partial charge in [-0.2, -0.15) is 0 Å². The van der Waals surface area contributed by atoms with E-state index in [0.29, 0.717) is 6.04 Å². The molecule has 2 rings (SSSR count). The summed E-state index contributed by atoms with van der Waals surface area (Å²) in [6.07, 6.45) is 5.19. The first-order valence-electron chi connectivity index (χ1n) is 8.52. The minimum atomic E-state index is 0.456. The van der Waals surface area contributed by atoms with Crippen molar-refractivity contribution in [2.75, 3.05) is 6.54 Å². The molecule has 1 fully saturated rings. The second kappa shape index (κ2) is 7.65. The Labute approximate surface area is 135 Å². The first-order valence-corrected chi connectivity index (χ1v) is 8.90. The van der Waals surface area contributed by atoms with Crippen molar-refractivity contribution in [2.45, 2.75) is 59.4 Å². The van der Waals surface area contributed by atoms with E-state index in [-0.39, 0.29) is 0 Å². The van der Waals surface area contributed by atoms with E-state index < -0.39 is 0 Å². The number of hydrogen-bond donors (Lipinski definition) is 1. The topological polar surface area (TPSA) is 12.0 Å². The zero-order valence-corrected chi connectivity index (χ0v) is 14.7. The summed E-state index contributed by atoms with van der Waals surface area (Å²) in [6, 6.07) is 7.05. The number of nitrogens with one attached hydrogen (secondary N) is 1. The van der Waals surface area contributed by atoms with Crippen LogP contribution < -0.4 is 5.32 Å². The Bertz CT molecular complexity index is 457. The van der Waals surface area contributed by atoms with E-state index in [4.69, 9.17) is 11.6 Å².